The third-order valence-corrected chi connectivity index (χ3v) is 5.12. The molecule has 5 rings (SSSR count). The summed E-state index contributed by atoms with van der Waals surface area (Å²) >= 11 is 1.59. The highest BCUT2D eigenvalue weighted by Gasteiger charge is 2.13. The lowest BCUT2D eigenvalue weighted by Gasteiger charge is -2.00. The first-order valence-corrected chi connectivity index (χ1v) is 9.03. The van der Waals surface area contributed by atoms with Crippen LogP contribution in [0.2, 0.25) is 0 Å². The number of hydrogen-bond donors (Lipinski definition) is 0. The van der Waals surface area contributed by atoms with Crippen LogP contribution in [-0.2, 0) is 7.05 Å². The topological polar surface area (TPSA) is 56.7 Å². The molecule has 0 atom stereocenters. The smallest absolute Gasteiger partial charge is 0.161 e. The van der Waals surface area contributed by atoms with Gasteiger partial charge in [-0.25, -0.2) is 0 Å². The summed E-state index contributed by atoms with van der Waals surface area (Å²) in [6.45, 7) is 0. The van der Waals surface area contributed by atoms with Crippen molar-refractivity contribution >= 4 is 22.4 Å². The Bertz CT molecular complexity index is 1190. The van der Waals surface area contributed by atoms with E-state index in [2.05, 4.69) is 39.3 Å². The second-order valence-corrected chi connectivity index (χ2v) is 6.92. The summed E-state index contributed by atoms with van der Waals surface area (Å²) in [5.41, 5.74) is 7.73. The first kappa shape index (κ1) is 15.0. The van der Waals surface area contributed by atoms with Gasteiger partial charge < -0.3 is 4.42 Å². The van der Waals surface area contributed by atoms with Gasteiger partial charge in [0.15, 0.2) is 5.58 Å². The second kappa shape index (κ2) is 5.93. The standard InChI is InChI=1S/C20H14N4OS/c1-24-11-15(9-23-24)13-2-4-14(5-3-13)18-8-17-20(25-18)16(6-7-22-17)19-10-21-12-26-19/h2-12H,1H3. The molecule has 0 saturated heterocycles. The minimum Gasteiger partial charge on any atom is -0.454 e. The highest BCUT2D eigenvalue weighted by molar-refractivity contribution is 7.13. The molecular weight excluding hydrogens is 344 g/mol. The summed E-state index contributed by atoms with van der Waals surface area (Å²) in [5.74, 6) is 0.808. The summed E-state index contributed by atoms with van der Waals surface area (Å²) < 4.78 is 7.96. The lowest BCUT2D eigenvalue weighted by Crippen LogP contribution is -1.84. The van der Waals surface area contributed by atoms with Gasteiger partial charge in [0.25, 0.3) is 0 Å². The molecular formula is C20H14N4OS. The van der Waals surface area contributed by atoms with Gasteiger partial charge >= 0.3 is 0 Å². The third kappa shape index (κ3) is 2.51. The van der Waals surface area contributed by atoms with Gasteiger partial charge in [0.2, 0.25) is 0 Å². The zero-order valence-corrected chi connectivity index (χ0v) is 14.8. The molecule has 0 spiro atoms. The Morgan fingerprint density at radius 2 is 1.85 bits per heavy atom. The van der Waals surface area contributed by atoms with Crippen molar-refractivity contribution in [3.8, 4) is 32.9 Å². The molecule has 0 unspecified atom stereocenters. The zero-order chi connectivity index (χ0) is 17.5. The largest absolute Gasteiger partial charge is 0.454 e. The Morgan fingerprint density at radius 3 is 2.58 bits per heavy atom. The van der Waals surface area contributed by atoms with Crippen molar-refractivity contribution in [2.45, 2.75) is 0 Å². The van der Waals surface area contributed by atoms with E-state index >= 15 is 0 Å². The first-order valence-electron chi connectivity index (χ1n) is 8.15. The number of fused-ring (bicyclic) bond motifs is 1. The zero-order valence-electron chi connectivity index (χ0n) is 14.0. The van der Waals surface area contributed by atoms with Crippen LogP contribution in [0.5, 0.6) is 0 Å². The van der Waals surface area contributed by atoms with E-state index in [0.717, 1.165) is 44.0 Å². The Hall–Kier alpha value is -3.25. The highest BCUT2D eigenvalue weighted by atomic mass is 32.1. The van der Waals surface area contributed by atoms with Gasteiger partial charge in [0.05, 0.1) is 16.6 Å². The number of nitrogens with zero attached hydrogens (tertiary/aromatic N) is 4. The molecule has 6 heteroatoms. The van der Waals surface area contributed by atoms with Crippen LogP contribution in [0.3, 0.4) is 0 Å². The third-order valence-electron chi connectivity index (χ3n) is 4.32. The molecule has 26 heavy (non-hydrogen) atoms. The van der Waals surface area contributed by atoms with E-state index in [0.29, 0.717) is 0 Å². The molecule has 0 aliphatic carbocycles. The molecule has 0 amide bonds. The Balaban J connectivity index is 1.56. The van der Waals surface area contributed by atoms with E-state index in [1.807, 2.05) is 49.5 Å². The van der Waals surface area contributed by atoms with Gasteiger partial charge in [0.1, 0.15) is 11.3 Å². The maximum atomic E-state index is 6.16. The van der Waals surface area contributed by atoms with Crippen LogP contribution >= 0.6 is 11.3 Å². The van der Waals surface area contributed by atoms with Crippen molar-refractivity contribution in [3.05, 3.63) is 66.7 Å². The number of rotatable bonds is 3. The molecule has 0 saturated carbocycles. The van der Waals surface area contributed by atoms with Crippen molar-refractivity contribution in [3.63, 3.8) is 0 Å². The lowest BCUT2D eigenvalue weighted by molar-refractivity contribution is 0.632. The van der Waals surface area contributed by atoms with Crippen molar-refractivity contribution in [2.75, 3.05) is 0 Å². The van der Waals surface area contributed by atoms with E-state index in [1.165, 1.54) is 0 Å². The van der Waals surface area contributed by atoms with Crippen LogP contribution in [0.1, 0.15) is 0 Å². The number of hydrogen-bond acceptors (Lipinski definition) is 5. The van der Waals surface area contributed by atoms with Crippen molar-refractivity contribution < 1.29 is 4.42 Å². The van der Waals surface area contributed by atoms with E-state index in [-0.39, 0.29) is 0 Å². The first-order chi connectivity index (χ1) is 12.8. The summed E-state index contributed by atoms with van der Waals surface area (Å²) in [4.78, 5) is 9.68. The molecule has 5 aromatic rings. The molecule has 5 nitrogen and oxygen atoms in total. The minimum absolute atomic E-state index is 0.795. The van der Waals surface area contributed by atoms with Gasteiger partial charge in [-0.2, -0.15) is 5.10 Å². The van der Waals surface area contributed by atoms with Crippen LogP contribution in [0.4, 0.5) is 0 Å². The summed E-state index contributed by atoms with van der Waals surface area (Å²) in [6.07, 6.45) is 7.52. The monoisotopic (exact) mass is 358 g/mol. The van der Waals surface area contributed by atoms with E-state index in [4.69, 9.17) is 4.42 Å². The summed E-state index contributed by atoms with van der Waals surface area (Å²) in [6, 6.07) is 12.2. The predicted molar refractivity (Wildman–Crippen MR) is 103 cm³/mol. The molecule has 1 aromatic carbocycles. The number of aryl methyl sites for hydroxylation is 1. The molecule has 0 radical (unpaired) electrons. The fraction of sp³-hybridized carbons (Fsp3) is 0.0500. The van der Waals surface area contributed by atoms with Crippen LogP contribution in [0.15, 0.2) is 71.1 Å². The number of aromatic nitrogens is 4. The van der Waals surface area contributed by atoms with E-state index in [1.54, 1.807) is 16.0 Å². The minimum atomic E-state index is 0.795. The van der Waals surface area contributed by atoms with Gasteiger partial charge in [-0.15, -0.1) is 11.3 Å². The van der Waals surface area contributed by atoms with Crippen LogP contribution in [-0.4, -0.2) is 19.7 Å². The molecule has 4 aromatic heterocycles. The summed E-state index contributed by atoms with van der Waals surface area (Å²) in [7, 11) is 1.92. The van der Waals surface area contributed by atoms with Crippen LogP contribution < -0.4 is 0 Å². The van der Waals surface area contributed by atoms with Gasteiger partial charge in [0, 0.05) is 48.4 Å². The van der Waals surface area contributed by atoms with Crippen molar-refractivity contribution in [2.24, 2.45) is 7.05 Å². The number of thiazole rings is 1. The highest BCUT2D eigenvalue weighted by Crippen LogP contribution is 2.35. The predicted octanol–water partition coefficient (Wildman–Crippen LogP) is 5.02. The molecule has 0 fully saturated rings. The molecule has 0 bridgehead atoms. The quantitative estimate of drug-likeness (QED) is 0.454. The maximum absolute atomic E-state index is 6.16. The Kier molecular flexibility index (Phi) is 3.43. The number of furan rings is 1. The van der Waals surface area contributed by atoms with Crippen molar-refractivity contribution in [1.82, 2.24) is 19.7 Å². The van der Waals surface area contributed by atoms with Crippen molar-refractivity contribution in [1.29, 1.82) is 0 Å². The fourth-order valence-corrected chi connectivity index (χ4v) is 3.67. The molecule has 4 heterocycles. The van der Waals surface area contributed by atoms with Crippen LogP contribution in [0, 0.1) is 0 Å². The van der Waals surface area contributed by atoms with Crippen LogP contribution in [0.25, 0.3) is 44.0 Å². The maximum Gasteiger partial charge on any atom is 0.161 e. The fourth-order valence-electron chi connectivity index (χ4n) is 3.02. The van der Waals surface area contributed by atoms with Gasteiger partial charge in [-0.3, -0.25) is 14.6 Å². The molecule has 0 aliphatic rings. The van der Waals surface area contributed by atoms with Gasteiger partial charge in [-0.1, -0.05) is 24.3 Å². The van der Waals surface area contributed by atoms with E-state index < -0.39 is 0 Å². The summed E-state index contributed by atoms with van der Waals surface area (Å²) in [5, 5.41) is 4.22. The number of pyridine rings is 1. The van der Waals surface area contributed by atoms with E-state index in [9.17, 15) is 0 Å². The second-order valence-electron chi connectivity index (χ2n) is 6.03. The normalized spacial score (nSPS) is 11.3. The molecule has 0 N–H and O–H groups in total. The van der Waals surface area contributed by atoms with Gasteiger partial charge in [-0.05, 0) is 11.6 Å². The number of benzene rings is 1. The molecule has 0 aliphatic heterocycles. The SMILES string of the molecule is Cn1cc(-c2ccc(-c3cc4nccc(-c5cncs5)c4o3)cc2)cn1. The average molecular weight is 358 g/mol. The lowest BCUT2D eigenvalue weighted by atomic mass is 10.1. The average Bonchev–Trinajstić information content (AvgIpc) is 3.41. The molecule has 126 valence electrons. The Labute approximate surface area is 153 Å². The Morgan fingerprint density at radius 1 is 1.00 bits per heavy atom.